The Morgan fingerprint density at radius 3 is 2.04 bits per heavy atom. The first-order valence-electron chi connectivity index (χ1n) is 9.39. The van der Waals surface area contributed by atoms with Gasteiger partial charge in [-0.05, 0) is 63.8 Å². The molecule has 0 unspecified atom stereocenters. The van der Waals surface area contributed by atoms with Gasteiger partial charge in [0.1, 0.15) is 13.7 Å². The lowest BCUT2D eigenvalue weighted by molar-refractivity contribution is -0.136. The van der Waals surface area contributed by atoms with Crippen LogP contribution in [0.3, 0.4) is 0 Å². The van der Waals surface area contributed by atoms with Gasteiger partial charge in [0.15, 0.2) is 0 Å². The maximum atomic E-state index is 12.7. The van der Waals surface area contributed by atoms with E-state index >= 15 is 0 Å². The Balaban J connectivity index is 3.73. The second-order valence-electron chi connectivity index (χ2n) is 9.19. The second kappa shape index (κ2) is 8.40. The molecule has 1 rings (SSSR count). The van der Waals surface area contributed by atoms with Crippen LogP contribution >= 0.6 is 0 Å². The molecule has 0 spiro atoms. The smallest absolute Gasteiger partial charge is 0.414 e. The summed E-state index contributed by atoms with van der Waals surface area (Å²) in [6.07, 6.45) is -0.595. The summed E-state index contributed by atoms with van der Waals surface area (Å²) in [5.41, 5.74) is 7.40. The number of anilines is 1. The average Bonchev–Trinajstić information content (AvgIpc) is 2.48. The van der Waals surface area contributed by atoms with Crippen LogP contribution in [-0.2, 0) is 16.0 Å². The van der Waals surface area contributed by atoms with Crippen LogP contribution in [0, 0.1) is 32.2 Å². The van der Waals surface area contributed by atoms with E-state index in [1.54, 1.807) is 7.05 Å². The number of hydrogen-bond acceptors (Lipinski definition) is 3. The molecule has 0 aliphatic heterocycles. The molecule has 28 heavy (non-hydrogen) atoms. The number of aliphatic carboxylic acids is 1. The molecule has 1 amide bonds. The lowest BCUT2D eigenvalue weighted by Crippen LogP contribution is -2.35. The Kier molecular flexibility index (Phi) is 7.13. The average molecular weight is 404 g/mol. The number of carboxylic acid groups (broad SMARTS) is 1. The fraction of sp³-hybridized carbons (Fsp3) is 0.545. The van der Waals surface area contributed by atoms with Gasteiger partial charge in [-0.2, -0.15) is 0 Å². The van der Waals surface area contributed by atoms with E-state index in [0.717, 1.165) is 22.3 Å². The van der Waals surface area contributed by atoms with Crippen molar-refractivity contribution in [2.24, 2.45) is 0 Å². The molecule has 154 valence electrons. The van der Waals surface area contributed by atoms with Crippen molar-refractivity contribution in [1.82, 2.24) is 0 Å². The zero-order valence-electron chi connectivity index (χ0n) is 18.8. The molecular weight excluding hydrogens is 370 g/mol. The molecule has 1 aromatic carbocycles. The molecule has 0 heterocycles. The third kappa shape index (κ3) is 6.13. The molecule has 5 nitrogen and oxygen atoms in total. The van der Waals surface area contributed by atoms with E-state index in [4.69, 9.17) is 4.74 Å². The highest BCUT2D eigenvalue weighted by atomic mass is 28.3. The van der Waals surface area contributed by atoms with Gasteiger partial charge in [0.25, 0.3) is 0 Å². The summed E-state index contributed by atoms with van der Waals surface area (Å²) in [5, 5.41) is 9.39. The van der Waals surface area contributed by atoms with Crippen LogP contribution in [-0.4, -0.2) is 37.9 Å². The number of hydrogen-bond donors (Lipinski definition) is 1. The molecule has 6 heteroatoms. The van der Waals surface area contributed by atoms with Crippen LogP contribution < -0.4 is 4.90 Å². The molecule has 0 bridgehead atoms. The third-order valence-electron chi connectivity index (χ3n) is 4.26. The minimum Gasteiger partial charge on any atom is -0.481 e. The zero-order chi connectivity index (χ0) is 22.0. The van der Waals surface area contributed by atoms with Crippen LogP contribution in [0.2, 0.25) is 19.6 Å². The monoisotopic (exact) mass is 403 g/mol. The van der Waals surface area contributed by atoms with Gasteiger partial charge in [-0.25, -0.2) is 4.79 Å². The van der Waals surface area contributed by atoms with Crippen molar-refractivity contribution in [3.8, 4) is 11.5 Å². The van der Waals surface area contributed by atoms with Gasteiger partial charge in [0.05, 0.1) is 12.1 Å². The van der Waals surface area contributed by atoms with Gasteiger partial charge in [-0.15, -0.1) is 5.54 Å². The first-order chi connectivity index (χ1) is 12.5. The van der Waals surface area contributed by atoms with E-state index in [2.05, 4.69) is 31.1 Å². The zero-order valence-corrected chi connectivity index (χ0v) is 19.8. The number of rotatable bonds is 3. The topological polar surface area (TPSA) is 66.8 Å². The molecule has 0 saturated carbocycles. The van der Waals surface area contributed by atoms with Gasteiger partial charge in [0.2, 0.25) is 0 Å². The Bertz CT molecular complexity index is 849. The van der Waals surface area contributed by atoms with E-state index in [-0.39, 0.29) is 6.42 Å². The number of ether oxygens (including phenoxy) is 1. The van der Waals surface area contributed by atoms with Crippen molar-refractivity contribution < 1.29 is 19.4 Å². The highest BCUT2D eigenvalue weighted by molar-refractivity contribution is 6.83. The van der Waals surface area contributed by atoms with Crippen LogP contribution in [0.1, 0.15) is 48.6 Å². The maximum Gasteiger partial charge on any atom is 0.414 e. The van der Waals surface area contributed by atoms with Crippen molar-refractivity contribution in [1.29, 1.82) is 0 Å². The first-order valence-corrected chi connectivity index (χ1v) is 12.9. The van der Waals surface area contributed by atoms with Crippen LogP contribution in [0.25, 0.3) is 0 Å². The number of nitrogens with zero attached hydrogens (tertiary/aromatic N) is 1. The first kappa shape index (κ1) is 23.8. The fourth-order valence-corrected chi connectivity index (χ4v) is 3.53. The van der Waals surface area contributed by atoms with E-state index in [9.17, 15) is 14.7 Å². The summed E-state index contributed by atoms with van der Waals surface area (Å²) in [5.74, 6) is 2.37. The predicted molar refractivity (Wildman–Crippen MR) is 117 cm³/mol. The Labute approximate surface area is 170 Å². The van der Waals surface area contributed by atoms with Crippen molar-refractivity contribution >= 4 is 25.8 Å². The van der Waals surface area contributed by atoms with Gasteiger partial charge < -0.3 is 9.84 Å². The van der Waals surface area contributed by atoms with Gasteiger partial charge in [0, 0.05) is 12.6 Å². The molecule has 0 aromatic heterocycles. The molecule has 0 fully saturated rings. The summed E-state index contributed by atoms with van der Waals surface area (Å²) >= 11 is 0. The number of carboxylic acids is 1. The number of benzene rings is 1. The van der Waals surface area contributed by atoms with E-state index < -0.39 is 25.7 Å². The van der Waals surface area contributed by atoms with E-state index in [0.29, 0.717) is 11.3 Å². The molecule has 0 saturated heterocycles. The molecular formula is C22H33NO4Si. The summed E-state index contributed by atoms with van der Waals surface area (Å²) in [7, 11) is 0.0221. The molecule has 0 radical (unpaired) electrons. The Morgan fingerprint density at radius 2 is 1.61 bits per heavy atom. The van der Waals surface area contributed by atoms with Gasteiger partial charge in [-0.1, -0.05) is 25.6 Å². The summed E-state index contributed by atoms with van der Waals surface area (Å²) in [6, 6.07) is 0. The molecule has 1 aromatic rings. The van der Waals surface area contributed by atoms with Crippen LogP contribution in [0.4, 0.5) is 10.5 Å². The van der Waals surface area contributed by atoms with Crippen molar-refractivity contribution in [3.63, 3.8) is 0 Å². The van der Waals surface area contributed by atoms with Crippen LogP contribution in [0.15, 0.2) is 0 Å². The van der Waals surface area contributed by atoms with Crippen molar-refractivity contribution in [2.75, 3.05) is 11.9 Å². The summed E-state index contributed by atoms with van der Waals surface area (Å²) < 4.78 is 5.51. The normalized spacial score (nSPS) is 11.5. The Morgan fingerprint density at radius 1 is 1.07 bits per heavy atom. The van der Waals surface area contributed by atoms with Crippen LogP contribution in [0.5, 0.6) is 0 Å². The third-order valence-corrected chi connectivity index (χ3v) is 5.13. The maximum absolute atomic E-state index is 12.7. The predicted octanol–water partition coefficient (Wildman–Crippen LogP) is 4.84. The summed E-state index contributed by atoms with van der Waals surface area (Å²) in [6.45, 7) is 17.6. The minimum atomic E-state index is -1.63. The fourth-order valence-electron chi connectivity index (χ4n) is 3.03. The highest BCUT2D eigenvalue weighted by Crippen LogP contribution is 2.34. The number of carbonyl (C=O) groups excluding carboxylic acids is 1. The SMILES string of the molecule is Cc1c(C#C[Si](C)(C)C)c(C)c(N(C)C(=O)OC(C)(C)C)c(C)c1CC(=O)O. The standard InChI is InChI=1S/C22H33NO4Si/c1-14-17(11-12-28(8,9)10)15(2)20(16(3)18(14)13-19(24)25)23(7)21(26)27-22(4,5)6/h13H2,1-10H3,(H,24,25). The van der Waals surface area contributed by atoms with E-state index in [1.807, 2.05) is 41.5 Å². The highest BCUT2D eigenvalue weighted by Gasteiger charge is 2.26. The molecule has 0 atom stereocenters. The molecule has 0 aliphatic rings. The lowest BCUT2D eigenvalue weighted by atomic mass is 9.89. The quantitative estimate of drug-likeness (QED) is 0.579. The lowest BCUT2D eigenvalue weighted by Gasteiger charge is -2.29. The van der Waals surface area contributed by atoms with Gasteiger partial charge >= 0.3 is 12.1 Å². The molecule has 1 N–H and O–H groups in total. The summed E-state index contributed by atoms with van der Waals surface area (Å²) in [4.78, 5) is 25.6. The number of carbonyl (C=O) groups is 2. The van der Waals surface area contributed by atoms with E-state index in [1.165, 1.54) is 4.90 Å². The largest absolute Gasteiger partial charge is 0.481 e. The number of amides is 1. The second-order valence-corrected chi connectivity index (χ2v) is 13.9. The van der Waals surface area contributed by atoms with Crippen molar-refractivity contribution in [3.05, 3.63) is 27.8 Å². The molecule has 0 aliphatic carbocycles. The van der Waals surface area contributed by atoms with Gasteiger partial charge in [-0.3, -0.25) is 9.69 Å². The van der Waals surface area contributed by atoms with Crippen molar-refractivity contribution in [2.45, 2.75) is 73.2 Å². The minimum absolute atomic E-state index is 0.116. The Hall–Kier alpha value is -2.26.